The second-order valence-electron chi connectivity index (χ2n) is 5.17. The van der Waals surface area contributed by atoms with Crippen molar-refractivity contribution in [2.45, 2.75) is 52.1 Å². The van der Waals surface area contributed by atoms with Crippen molar-refractivity contribution in [3.63, 3.8) is 0 Å². The molecule has 1 saturated carbocycles. The van der Waals surface area contributed by atoms with Gasteiger partial charge in [-0.1, -0.05) is 56.7 Å². The number of benzene rings is 1. The topological polar surface area (TPSA) is 46.3 Å². The predicted molar refractivity (Wildman–Crippen MR) is 80.3 cm³/mol. The molecule has 0 bridgehead atoms. The number of aliphatic hydroxyl groups is 1. The summed E-state index contributed by atoms with van der Waals surface area (Å²) in [5, 5.41) is 8.96. The molecule has 1 aromatic carbocycles. The van der Waals surface area contributed by atoms with E-state index in [0.29, 0.717) is 17.3 Å². The lowest BCUT2D eigenvalue weighted by Gasteiger charge is -2.05. The minimum atomic E-state index is -0.0812. The Balaban J connectivity index is 0.000000205. The van der Waals surface area contributed by atoms with Gasteiger partial charge < -0.3 is 9.52 Å². The fourth-order valence-corrected chi connectivity index (χ4v) is 2.34. The molecule has 0 unspecified atom stereocenters. The van der Waals surface area contributed by atoms with E-state index in [1.807, 2.05) is 30.3 Å². The van der Waals surface area contributed by atoms with Gasteiger partial charge in [-0.15, -0.1) is 0 Å². The molecule has 3 rings (SSSR count). The summed E-state index contributed by atoms with van der Waals surface area (Å²) in [7, 11) is 0. The molecule has 1 aliphatic carbocycles. The summed E-state index contributed by atoms with van der Waals surface area (Å²) in [6.07, 6.45) is 9.00. The second kappa shape index (κ2) is 7.85. The molecule has 20 heavy (non-hydrogen) atoms. The smallest absolute Gasteiger partial charge is 0.226 e. The highest BCUT2D eigenvalue weighted by molar-refractivity contribution is 5.53. The van der Waals surface area contributed by atoms with E-state index >= 15 is 0 Å². The molecule has 0 amide bonds. The molecule has 1 fully saturated rings. The van der Waals surface area contributed by atoms with Gasteiger partial charge in [-0.3, -0.25) is 0 Å². The molecule has 1 heterocycles. The number of aliphatic hydroxyl groups excluding tert-OH is 1. The van der Waals surface area contributed by atoms with Crippen LogP contribution in [-0.4, -0.2) is 10.1 Å². The van der Waals surface area contributed by atoms with Crippen LogP contribution in [0, 0.1) is 6.92 Å². The Morgan fingerprint density at radius 1 is 1.00 bits per heavy atom. The lowest BCUT2D eigenvalue weighted by atomic mass is 10.0. The van der Waals surface area contributed by atoms with Gasteiger partial charge in [0.1, 0.15) is 11.5 Å². The summed E-state index contributed by atoms with van der Waals surface area (Å²) in [6.45, 7) is 1.72. The van der Waals surface area contributed by atoms with Crippen LogP contribution in [0.2, 0.25) is 0 Å². The zero-order chi connectivity index (χ0) is 14.2. The van der Waals surface area contributed by atoms with Crippen molar-refractivity contribution in [3.8, 4) is 11.5 Å². The number of rotatable bonds is 2. The third-order valence-corrected chi connectivity index (χ3v) is 3.56. The number of oxazole rings is 1. The van der Waals surface area contributed by atoms with Gasteiger partial charge >= 0.3 is 0 Å². The summed E-state index contributed by atoms with van der Waals surface area (Å²) in [6, 6.07) is 9.63. The normalized spacial score (nSPS) is 14.5. The van der Waals surface area contributed by atoms with Gasteiger partial charge in [-0.2, -0.15) is 0 Å². The van der Waals surface area contributed by atoms with Crippen molar-refractivity contribution in [1.29, 1.82) is 0 Å². The lowest BCUT2D eigenvalue weighted by molar-refractivity contribution is 0.275. The van der Waals surface area contributed by atoms with Crippen LogP contribution in [0.1, 0.15) is 50.0 Å². The third kappa shape index (κ3) is 4.20. The molecule has 2 aromatic rings. The molecule has 0 saturated heterocycles. The van der Waals surface area contributed by atoms with Crippen LogP contribution in [-0.2, 0) is 6.61 Å². The van der Waals surface area contributed by atoms with Crippen LogP contribution < -0.4 is 0 Å². The highest BCUT2D eigenvalue weighted by atomic mass is 16.4. The molecule has 0 radical (unpaired) electrons. The second-order valence-corrected chi connectivity index (χ2v) is 5.17. The van der Waals surface area contributed by atoms with Gasteiger partial charge in [-0.25, -0.2) is 4.98 Å². The van der Waals surface area contributed by atoms with E-state index in [-0.39, 0.29) is 6.61 Å². The van der Waals surface area contributed by atoms with Crippen molar-refractivity contribution >= 4 is 0 Å². The fraction of sp³-hybridized carbons (Fsp3) is 0.471. The number of aryl methyl sites for hydroxylation is 1. The minimum absolute atomic E-state index is 0.0812. The third-order valence-electron chi connectivity index (χ3n) is 3.56. The Hall–Kier alpha value is -1.61. The molecule has 3 nitrogen and oxygen atoms in total. The van der Waals surface area contributed by atoms with Gasteiger partial charge in [0.2, 0.25) is 5.89 Å². The summed E-state index contributed by atoms with van der Waals surface area (Å²) in [4.78, 5) is 4.18. The quantitative estimate of drug-likeness (QED) is 0.877. The fourth-order valence-electron chi connectivity index (χ4n) is 2.34. The number of aromatic nitrogens is 1. The van der Waals surface area contributed by atoms with Crippen LogP contribution >= 0.6 is 0 Å². The number of hydrogen-bond acceptors (Lipinski definition) is 3. The minimum Gasteiger partial charge on any atom is -0.441 e. The van der Waals surface area contributed by atoms with Crippen LogP contribution in [0.25, 0.3) is 11.5 Å². The Kier molecular flexibility index (Phi) is 5.81. The molecule has 1 aromatic heterocycles. The average Bonchev–Trinajstić information content (AvgIpc) is 2.92. The first-order valence-electron chi connectivity index (χ1n) is 7.44. The molecule has 1 N–H and O–H groups in total. The van der Waals surface area contributed by atoms with Crippen molar-refractivity contribution in [2.24, 2.45) is 0 Å². The standard InChI is InChI=1S/C11H11NO2.C6H12/c1-8-10(7-13)12-11(14-8)9-5-3-2-4-6-9;1-2-4-6-5-3-1/h2-6,13H,7H2,1H3;1-6H2. The highest BCUT2D eigenvalue weighted by Crippen LogP contribution is 2.21. The van der Waals surface area contributed by atoms with E-state index in [0.717, 1.165) is 5.56 Å². The Bertz CT molecular complexity index is 489. The summed E-state index contributed by atoms with van der Waals surface area (Å²) in [5.41, 5.74) is 1.53. The number of hydrogen-bond donors (Lipinski definition) is 1. The summed E-state index contributed by atoms with van der Waals surface area (Å²) < 4.78 is 5.42. The first-order chi connectivity index (χ1) is 9.81. The van der Waals surface area contributed by atoms with Crippen LogP contribution in [0.4, 0.5) is 0 Å². The van der Waals surface area contributed by atoms with Crippen molar-refractivity contribution in [1.82, 2.24) is 4.98 Å². The van der Waals surface area contributed by atoms with Gasteiger partial charge in [0.25, 0.3) is 0 Å². The molecule has 0 atom stereocenters. The van der Waals surface area contributed by atoms with E-state index in [9.17, 15) is 0 Å². The van der Waals surface area contributed by atoms with E-state index in [2.05, 4.69) is 4.98 Å². The largest absolute Gasteiger partial charge is 0.441 e. The van der Waals surface area contributed by atoms with Gasteiger partial charge in [-0.05, 0) is 19.1 Å². The molecule has 3 heteroatoms. The summed E-state index contributed by atoms with van der Waals surface area (Å²) >= 11 is 0. The Morgan fingerprint density at radius 2 is 1.55 bits per heavy atom. The number of nitrogens with zero attached hydrogens (tertiary/aromatic N) is 1. The average molecular weight is 273 g/mol. The Morgan fingerprint density at radius 3 is 2.00 bits per heavy atom. The van der Waals surface area contributed by atoms with Crippen LogP contribution in [0.3, 0.4) is 0 Å². The first-order valence-corrected chi connectivity index (χ1v) is 7.44. The zero-order valence-electron chi connectivity index (χ0n) is 12.1. The van der Waals surface area contributed by atoms with Crippen molar-refractivity contribution in [3.05, 3.63) is 41.8 Å². The van der Waals surface area contributed by atoms with Crippen molar-refractivity contribution < 1.29 is 9.52 Å². The van der Waals surface area contributed by atoms with E-state index in [4.69, 9.17) is 9.52 Å². The van der Waals surface area contributed by atoms with Crippen LogP contribution in [0.5, 0.6) is 0 Å². The highest BCUT2D eigenvalue weighted by Gasteiger charge is 2.09. The maximum Gasteiger partial charge on any atom is 0.226 e. The molecule has 1 aliphatic rings. The summed E-state index contributed by atoms with van der Waals surface area (Å²) in [5.74, 6) is 1.23. The molecule has 0 spiro atoms. The first kappa shape index (κ1) is 14.8. The van der Waals surface area contributed by atoms with E-state index < -0.39 is 0 Å². The van der Waals surface area contributed by atoms with Gasteiger partial charge in [0.15, 0.2) is 0 Å². The van der Waals surface area contributed by atoms with Gasteiger partial charge in [0.05, 0.1) is 6.61 Å². The monoisotopic (exact) mass is 273 g/mol. The maximum absolute atomic E-state index is 8.96. The molecular formula is C17H23NO2. The molecular weight excluding hydrogens is 250 g/mol. The predicted octanol–water partition coefficient (Wildman–Crippen LogP) is 4.48. The maximum atomic E-state index is 8.96. The zero-order valence-corrected chi connectivity index (χ0v) is 12.1. The van der Waals surface area contributed by atoms with E-state index in [1.54, 1.807) is 6.92 Å². The van der Waals surface area contributed by atoms with Crippen LogP contribution in [0.15, 0.2) is 34.7 Å². The molecule has 0 aliphatic heterocycles. The lowest BCUT2D eigenvalue weighted by Crippen LogP contribution is -1.85. The SMILES string of the molecule is C1CCCCC1.Cc1oc(-c2ccccc2)nc1CO. The van der Waals surface area contributed by atoms with Gasteiger partial charge in [0, 0.05) is 5.56 Å². The molecule has 108 valence electrons. The Labute approximate surface area is 120 Å². The van der Waals surface area contributed by atoms with Crippen molar-refractivity contribution in [2.75, 3.05) is 0 Å². The van der Waals surface area contributed by atoms with E-state index in [1.165, 1.54) is 38.5 Å².